The van der Waals surface area contributed by atoms with Crippen molar-refractivity contribution in [2.24, 2.45) is 16.9 Å². The van der Waals surface area contributed by atoms with E-state index in [1.54, 1.807) is 30.5 Å². The summed E-state index contributed by atoms with van der Waals surface area (Å²) in [6, 6.07) is 30.9. The quantitative estimate of drug-likeness (QED) is 0.169. The molecule has 0 saturated carbocycles. The fourth-order valence-corrected chi connectivity index (χ4v) is 7.34. The predicted molar refractivity (Wildman–Crippen MR) is 155 cm³/mol. The maximum Gasteiger partial charge on any atom is 0.239 e. The smallest absolute Gasteiger partial charge is 0.239 e. The van der Waals surface area contributed by atoms with E-state index in [4.69, 9.17) is 11.6 Å². The number of nitrogens with zero attached hydrogens (tertiary/aromatic N) is 3. The lowest BCUT2D eigenvalue weighted by Crippen LogP contribution is -2.54. The number of nitrogens with one attached hydrogen (secondary N) is 2. The van der Waals surface area contributed by atoms with Crippen LogP contribution in [0.5, 0.6) is 0 Å². The fourth-order valence-electron chi connectivity index (χ4n) is 7.12. The molecule has 5 aromatic rings. The maximum absolute atomic E-state index is 14.4. The second-order valence-corrected chi connectivity index (χ2v) is 10.9. The number of fused-ring (bicyclic) bond motifs is 1. The van der Waals surface area contributed by atoms with Crippen molar-refractivity contribution in [3.63, 3.8) is 0 Å². The van der Waals surface area contributed by atoms with Crippen molar-refractivity contribution in [1.82, 2.24) is 9.97 Å². The van der Waals surface area contributed by atoms with Crippen LogP contribution in [0, 0.1) is 11.8 Å². The van der Waals surface area contributed by atoms with Crippen molar-refractivity contribution in [2.45, 2.75) is 11.3 Å². The van der Waals surface area contributed by atoms with E-state index in [1.165, 1.54) is 4.90 Å². The number of aromatic amines is 1. The highest BCUT2D eigenvalue weighted by Gasteiger charge is 2.68. The molecule has 3 aliphatic carbocycles. The average molecular weight is 544 g/mol. The number of hydrazone groups is 1. The summed E-state index contributed by atoms with van der Waals surface area (Å²) >= 11 is 6.53. The van der Waals surface area contributed by atoms with E-state index in [2.05, 4.69) is 44.8 Å². The average Bonchev–Trinajstić information content (AvgIpc) is 3.52. The summed E-state index contributed by atoms with van der Waals surface area (Å²) < 4.78 is 0. The molecule has 2 N–H and O–H groups in total. The number of carbonyl (C=O) groups excluding carboxylic acids is 2. The minimum absolute atomic E-state index is 0.236. The van der Waals surface area contributed by atoms with E-state index in [-0.39, 0.29) is 17.7 Å². The van der Waals surface area contributed by atoms with Gasteiger partial charge < -0.3 is 4.98 Å². The number of imide groups is 1. The predicted octanol–water partition coefficient (Wildman–Crippen LogP) is 5.87. The largest absolute Gasteiger partial charge is 0.323 e. The lowest BCUT2D eigenvalue weighted by molar-refractivity contribution is -0.122. The molecule has 2 unspecified atom stereocenters. The van der Waals surface area contributed by atoms with Crippen LogP contribution in [0.15, 0.2) is 102 Å². The molecule has 0 spiro atoms. The maximum atomic E-state index is 14.4. The van der Waals surface area contributed by atoms with E-state index in [9.17, 15) is 9.59 Å². The van der Waals surface area contributed by atoms with Crippen LogP contribution in [0.4, 0.5) is 11.6 Å². The molecular weight excluding hydrogens is 522 g/mol. The van der Waals surface area contributed by atoms with Crippen LogP contribution < -0.4 is 10.3 Å². The summed E-state index contributed by atoms with van der Waals surface area (Å²) in [5.41, 5.74) is 8.24. The van der Waals surface area contributed by atoms with Crippen molar-refractivity contribution in [3.05, 3.63) is 124 Å². The molecule has 1 fully saturated rings. The van der Waals surface area contributed by atoms with E-state index in [1.807, 2.05) is 48.5 Å². The topological polar surface area (TPSA) is 90.5 Å². The van der Waals surface area contributed by atoms with Crippen LogP contribution in [0.2, 0.25) is 5.02 Å². The number of halogens is 1. The Kier molecular flexibility index (Phi) is 4.85. The molecular formula is C32H22ClN5O2. The number of hydrogen-bond acceptors (Lipinski definition) is 5. The Morgan fingerprint density at radius 2 is 1.50 bits per heavy atom. The van der Waals surface area contributed by atoms with Gasteiger partial charge >= 0.3 is 0 Å². The zero-order valence-electron chi connectivity index (χ0n) is 21.1. The third-order valence-corrected chi connectivity index (χ3v) is 8.92. The lowest BCUT2D eigenvalue weighted by atomic mass is 9.47. The number of rotatable bonds is 4. The molecule has 7 nitrogen and oxygen atoms in total. The number of benzene rings is 4. The SMILES string of the molecule is O=C1C2C3c4ccccc4C(/C=N/Nc4nc5ccccc5[nH]4)(c4ccccc43)C2C(=O)N1c1ccccc1Cl. The van der Waals surface area contributed by atoms with E-state index in [0.717, 1.165) is 33.3 Å². The minimum Gasteiger partial charge on any atom is -0.323 e. The van der Waals surface area contributed by atoms with Gasteiger partial charge in [-0.1, -0.05) is 84.4 Å². The summed E-state index contributed by atoms with van der Waals surface area (Å²) in [5, 5.41) is 5.04. The number of carbonyl (C=O) groups is 2. The molecule has 194 valence electrons. The molecule has 1 aliphatic heterocycles. The number of H-pyrrole nitrogens is 1. The molecule has 9 rings (SSSR count). The van der Waals surface area contributed by atoms with E-state index < -0.39 is 17.3 Å². The molecule has 1 aromatic heterocycles. The molecule has 8 heteroatoms. The molecule has 1 saturated heterocycles. The van der Waals surface area contributed by atoms with Crippen LogP contribution in [0.1, 0.15) is 28.2 Å². The Morgan fingerprint density at radius 1 is 0.850 bits per heavy atom. The Morgan fingerprint density at radius 3 is 2.23 bits per heavy atom. The molecule has 4 aliphatic rings. The molecule has 2 heterocycles. The molecule has 2 atom stereocenters. The highest BCUT2D eigenvalue weighted by atomic mass is 35.5. The summed E-state index contributed by atoms with van der Waals surface area (Å²) in [7, 11) is 0. The van der Waals surface area contributed by atoms with Gasteiger partial charge in [-0.15, -0.1) is 0 Å². The van der Waals surface area contributed by atoms with Gasteiger partial charge in [0.1, 0.15) is 0 Å². The Labute approximate surface area is 234 Å². The van der Waals surface area contributed by atoms with Crippen molar-refractivity contribution in [2.75, 3.05) is 10.3 Å². The first-order valence-corrected chi connectivity index (χ1v) is 13.5. The van der Waals surface area contributed by atoms with Crippen molar-refractivity contribution in [3.8, 4) is 0 Å². The zero-order chi connectivity index (χ0) is 27.0. The van der Waals surface area contributed by atoms with Crippen LogP contribution in [-0.4, -0.2) is 28.0 Å². The summed E-state index contributed by atoms with van der Waals surface area (Å²) in [6.45, 7) is 0. The van der Waals surface area contributed by atoms with Gasteiger partial charge in [-0.2, -0.15) is 5.10 Å². The molecule has 2 amide bonds. The minimum atomic E-state index is -0.978. The van der Waals surface area contributed by atoms with Gasteiger partial charge in [-0.3, -0.25) is 9.59 Å². The normalized spacial score (nSPS) is 24.4. The van der Waals surface area contributed by atoms with Gasteiger partial charge in [0.2, 0.25) is 17.8 Å². The van der Waals surface area contributed by atoms with Crippen LogP contribution in [0.3, 0.4) is 0 Å². The first-order chi connectivity index (χ1) is 19.6. The number of imidazole rings is 1. The van der Waals surface area contributed by atoms with Crippen LogP contribution in [0.25, 0.3) is 11.0 Å². The molecule has 0 radical (unpaired) electrons. The van der Waals surface area contributed by atoms with Gasteiger partial charge in [-0.05, 0) is 46.5 Å². The summed E-state index contributed by atoms with van der Waals surface area (Å²) in [5.74, 6) is -1.55. The zero-order valence-corrected chi connectivity index (χ0v) is 21.8. The van der Waals surface area contributed by atoms with Gasteiger partial charge in [0.05, 0.1) is 39.0 Å². The van der Waals surface area contributed by atoms with E-state index in [0.29, 0.717) is 16.7 Å². The lowest BCUT2D eigenvalue weighted by Gasteiger charge is -2.52. The van der Waals surface area contributed by atoms with Crippen molar-refractivity contribution < 1.29 is 9.59 Å². The second-order valence-electron chi connectivity index (χ2n) is 10.5. The first kappa shape index (κ1) is 23.2. The molecule has 4 aromatic carbocycles. The third kappa shape index (κ3) is 2.95. The van der Waals surface area contributed by atoms with Gasteiger partial charge in [-0.25, -0.2) is 15.3 Å². The Bertz CT molecular complexity index is 1810. The Hall–Kier alpha value is -4.75. The fraction of sp³-hybridized carbons (Fsp3) is 0.125. The highest BCUT2D eigenvalue weighted by Crippen LogP contribution is 2.63. The third-order valence-electron chi connectivity index (χ3n) is 8.61. The van der Waals surface area contributed by atoms with Gasteiger partial charge in [0, 0.05) is 12.1 Å². The van der Waals surface area contributed by atoms with Gasteiger partial charge in [0.15, 0.2) is 0 Å². The van der Waals surface area contributed by atoms with Crippen molar-refractivity contribution in [1.29, 1.82) is 0 Å². The standard InChI is InChI=1S/C32H22ClN5O2/c33-22-13-5-8-16-25(22)38-29(39)27-26-18-9-1-3-11-20(18)32(28(27)30(38)40,21-12-4-2-10-19(21)26)17-34-37-31-35-23-14-6-7-15-24(23)36-31/h1-17,26-28H,(H2,35,36,37)/b34-17+. The number of para-hydroxylation sites is 3. The highest BCUT2D eigenvalue weighted by molar-refractivity contribution is 6.36. The number of aromatic nitrogens is 2. The first-order valence-electron chi connectivity index (χ1n) is 13.2. The Balaban J connectivity index is 1.33. The van der Waals surface area contributed by atoms with E-state index >= 15 is 0 Å². The monoisotopic (exact) mass is 543 g/mol. The second kappa shape index (κ2) is 8.37. The molecule has 2 bridgehead atoms. The van der Waals surface area contributed by atoms with Gasteiger partial charge in [0.25, 0.3) is 0 Å². The summed E-state index contributed by atoms with van der Waals surface area (Å²) in [6.07, 6.45) is 1.80. The number of anilines is 2. The number of hydrogen-bond donors (Lipinski definition) is 2. The van der Waals surface area contributed by atoms with Crippen LogP contribution >= 0.6 is 11.6 Å². The van der Waals surface area contributed by atoms with Crippen LogP contribution in [-0.2, 0) is 15.0 Å². The number of amides is 2. The van der Waals surface area contributed by atoms with Crippen molar-refractivity contribution >= 4 is 52.3 Å². The molecule has 40 heavy (non-hydrogen) atoms. The summed E-state index contributed by atoms with van der Waals surface area (Å²) in [4.78, 5) is 37.7.